The number of H-pyrrole nitrogens is 1. The van der Waals surface area contributed by atoms with E-state index in [0.29, 0.717) is 52.2 Å². The minimum Gasteiger partial charge on any atom is -0.454 e. The first kappa shape index (κ1) is 22.8. The summed E-state index contributed by atoms with van der Waals surface area (Å²) >= 11 is 6.42. The molecule has 1 fully saturated rings. The van der Waals surface area contributed by atoms with Gasteiger partial charge in [0.15, 0.2) is 16.7 Å². The summed E-state index contributed by atoms with van der Waals surface area (Å²) in [4.78, 5) is 16.2. The van der Waals surface area contributed by atoms with Crippen molar-refractivity contribution in [3.8, 4) is 22.8 Å². The Morgan fingerprint density at radius 3 is 2.69 bits per heavy atom. The molecule has 0 atom stereocenters. The molecule has 5 aromatic rings. The second-order valence-corrected chi connectivity index (χ2v) is 9.37. The number of halogens is 4. The van der Waals surface area contributed by atoms with E-state index < -0.39 is 11.7 Å². The van der Waals surface area contributed by atoms with Gasteiger partial charge in [-0.3, -0.25) is 4.68 Å². The lowest BCUT2D eigenvalue weighted by atomic mass is 9.92. The fourth-order valence-corrected chi connectivity index (χ4v) is 4.80. The molecule has 1 saturated carbocycles. The second kappa shape index (κ2) is 8.48. The first-order chi connectivity index (χ1) is 17.3. The molecule has 11 heteroatoms. The molecule has 0 unspecified atom stereocenters. The number of rotatable bonds is 4. The van der Waals surface area contributed by atoms with Crippen molar-refractivity contribution in [3.63, 3.8) is 0 Å². The van der Waals surface area contributed by atoms with Crippen LogP contribution in [0.15, 0.2) is 42.7 Å². The number of benzene rings is 2. The van der Waals surface area contributed by atoms with Crippen LogP contribution in [0, 0.1) is 12.7 Å². The van der Waals surface area contributed by atoms with Gasteiger partial charge < -0.3 is 9.72 Å². The first-order valence-electron chi connectivity index (χ1n) is 11.5. The summed E-state index contributed by atoms with van der Waals surface area (Å²) in [5.74, 6) is -2.15. The molecule has 0 aliphatic heterocycles. The normalized spacial score (nSPS) is 16.1. The van der Waals surface area contributed by atoms with E-state index in [1.807, 2.05) is 0 Å². The number of hydrogen-bond acceptors (Lipinski definition) is 5. The molecule has 0 spiro atoms. The summed E-state index contributed by atoms with van der Waals surface area (Å²) in [5.41, 5.74) is 2.87. The average Bonchev–Trinajstić information content (AvgIpc) is 3.48. The maximum absolute atomic E-state index is 14.9. The number of aromatic nitrogens is 6. The lowest BCUT2D eigenvalue weighted by Gasteiger charge is -2.28. The highest BCUT2D eigenvalue weighted by molar-refractivity contribution is 6.32. The SMILES string of the molecule is Cc1nc2c(F)c(Oc3ccc4nc(Cl)c(-c5cnn(C6CCC(F)(F)CC6)c5)nc4c3)ccc2[nH]1. The fourth-order valence-electron chi connectivity index (χ4n) is 4.56. The molecule has 1 aliphatic carbocycles. The number of nitrogens with zero attached hydrogens (tertiary/aromatic N) is 5. The molecule has 0 saturated heterocycles. The second-order valence-electron chi connectivity index (χ2n) is 9.01. The van der Waals surface area contributed by atoms with Crippen LogP contribution in [0.2, 0.25) is 5.15 Å². The molecule has 6 rings (SSSR count). The van der Waals surface area contributed by atoms with Crippen molar-refractivity contribution in [1.29, 1.82) is 0 Å². The number of nitrogens with one attached hydrogen (secondary N) is 1. The monoisotopic (exact) mass is 512 g/mol. The van der Waals surface area contributed by atoms with Crippen molar-refractivity contribution in [2.75, 3.05) is 0 Å². The maximum atomic E-state index is 14.9. The van der Waals surface area contributed by atoms with Gasteiger partial charge in [0.1, 0.15) is 22.8 Å². The molecule has 36 heavy (non-hydrogen) atoms. The van der Waals surface area contributed by atoms with E-state index in [0.717, 1.165) is 0 Å². The number of ether oxygens (including phenoxy) is 1. The van der Waals surface area contributed by atoms with Crippen LogP contribution >= 0.6 is 11.6 Å². The molecular weight excluding hydrogens is 493 g/mol. The van der Waals surface area contributed by atoms with Crippen LogP contribution in [0.1, 0.15) is 37.5 Å². The molecular formula is C25H20ClF3N6O. The number of imidazole rings is 1. The molecule has 1 N–H and O–H groups in total. The predicted molar refractivity (Wildman–Crippen MR) is 129 cm³/mol. The first-order valence-corrected chi connectivity index (χ1v) is 11.9. The third-order valence-corrected chi connectivity index (χ3v) is 6.70. The molecule has 7 nitrogen and oxygen atoms in total. The quantitative estimate of drug-likeness (QED) is 0.280. The van der Waals surface area contributed by atoms with Gasteiger partial charge in [0.25, 0.3) is 0 Å². The molecule has 0 radical (unpaired) electrons. The van der Waals surface area contributed by atoms with Crippen LogP contribution in [0.25, 0.3) is 33.3 Å². The van der Waals surface area contributed by atoms with Gasteiger partial charge in [0.05, 0.1) is 28.8 Å². The zero-order chi connectivity index (χ0) is 25.0. The number of hydrogen-bond donors (Lipinski definition) is 1. The van der Waals surface area contributed by atoms with Crippen LogP contribution in [0.3, 0.4) is 0 Å². The van der Waals surface area contributed by atoms with Crippen molar-refractivity contribution in [3.05, 3.63) is 59.5 Å². The summed E-state index contributed by atoms with van der Waals surface area (Å²) in [6, 6.07) is 8.13. The van der Waals surface area contributed by atoms with Crippen molar-refractivity contribution in [1.82, 2.24) is 29.7 Å². The van der Waals surface area contributed by atoms with Crippen LogP contribution < -0.4 is 4.74 Å². The van der Waals surface area contributed by atoms with Gasteiger partial charge in [-0.25, -0.2) is 28.1 Å². The lowest BCUT2D eigenvalue weighted by Crippen LogP contribution is -2.26. The summed E-state index contributed by atoms with van der Waals surface area (Å²) < 4.78 is 49.5. The lowest BCUT2D eigenvalue weighted by molar-refractivity contribution is -0.0449. The maximum Gasteiger partial charge on any atom is 0.248 e. The third-order valence-electron chi connectivity index (χ3n) is 6.43. The highest BCUT2D eigenvalue weighted by Gasteiger charge is 2.35. The van der Waals surface area contributed by atoms with Crippen molar-refractivity contribution in [2.45, 2.75) is 44.6 Å². The Kier molecular flexibility index (Phi) is 5.36. The van der Waals surface area contributed by atoms with Crippen LogP contribution in [-0.2, 0) is 0 Å². The topological polar surface area (TPSA) is 81.5 Å². The smallest absolute Gasteiger partial charge is 0.248 e. The number of aromatic amines is 1. The molecule has 1 aliphatic rings. The third kappa shape index (κ3) is 4.15. The van der Waals surface area contributed by atoms with E-state index in [4.69, 9.17) is 16.3 Å². The van der Waals surface area contributed by atoms with Gasteiger partial charge in [0.2, 0.25) is 5.92 Å². The minimum absolute atomic E-state index is 0.0369. The number of aryl methyl sites for hydroxylation is 1. The highest BCUT2D eigenvalue weighted by Crippen LogP contribution is 2.39. The average molecular weight is 513 g/mol. The Bertz CT molecular complexity index is 1600. The van der Waals surface area contributed by atoms with Gasteiger partial charge in [-0.2, -0.15) is 5.10 Å². The van der Waals surface area contributed by atoms with E-state index in [-0.39, 0.29) is 35.3 Å². The van der Waals surface area contributed by atoms with Gasteiger partial charge in [0, 0.05) is 30.7 Å². The van der Waals surface area contributed by atoms with Crippen molar-refractivity contribution >= 4 is 33.7 Å². The summed E-state index contributed by atoms with van der Waals surface area (Å²) in [6.07, 6.45) is 3.76. The predicted octanol–water partition coefficient (Wildman–Crippen LogP) is 7.01. The van der Waals surface area contributed by atoms with E-state index in [1.54, 1.807) is 48.3 Å². The van der Waals surface area contributed by atoms with Gasteiger partial charge >= 0.3 is 0 Å². The molecule has 184 valence electrons. The minimum atomic E-state index is -2.61. The Morgan fingerprint density at radius 1 is 1.08 bits per heavy atom. The van der Waals surface area contributed by atoms with Crippen LogP contribution in [0.4, 0.5) is 13.2 Å². The molecule has 3 aromatic heterocycles. The fraction of sp³-hybridized carbons (Fsp3) is 0.280. The molecule has 0 bridgehead atoms. The summed E-state index contributed by atoms with van der Waals surface area (Å²) in [6.45, 7) is 1.75. The molecule has 0 amide bonds. The van der Waals surface area contributed by atoms with Gasteiger partial charge in [-0.05, 0) is 44.0 Å². The molecule has 3 heterocycles. The zero-order valence-corrected chi connectivity index (χ0v) is 19.9. The van der Waals surface area contributed by atoms with Crippen molar-refractivity contribution < 1.29 is 17.9 Å². The van der Waals surface area contributed by atoms with E-state index in [1.165, 1.54) is 6.07 Å². The van der Waals surface area contributed by atoms with Crippen molar-refractivity contribution in [2.24, 2.45) is 0 Å². The number of alkyl halides is 2. The van der Waals surface area contributed by atoms with Gasteiger partial charge in [-0.1, -0.05) is 11.6 Å². The van der Waals surface area contributed by atoms with Gasteiger partial charge in [-0.15, -0.1) is 0 Å². The Hall–Kier alpha value is -3.66. The largest absolute Gasteiger partial charge is 0.454 e. The number of fused-ring (bicyclic) bond motifs is 2. The Morgan fingerprint density at radius 2 is 1.89 bits per heavy atom. The highest BCUT2D eigenvalue weighted by atomic mass is 35.5. The Labute approximate surface area is 208 Å². The summed E-state index contributed by atoms with van der Waals surface area (Å²) in [5, 5.41) is 4.56. The van der Waals surface area contributed by atoms with Crippen LogP contribution in [-0.4, -0.2) is 35.6 Å². The summed E-state index contributed by atoms with van der Waals surface area (Å²) in [7, 11) is 0. The Balaban J connectivity index is 1.30. The van der Waals surface area contributed by atoms with Crippen LogP contribution in [0.5, 0.6) is 11.5 Å². The van der Waals surface area contributed by atoms with E-state index >= 15 is 0 Å². The standard InChI is InChI=1S/C25H20ClF3N6O/c1-13-31-18-4-5-20(21(27)23(18)32-13)36-16-2-3-17-19(10-16)33-22(24(26)34-17)14-11-30-35(12-14)15-6-8-25(28,29)9-7-15/h2-5,10-12,15H,6-9H2,1H3,(H,31,32). The van der Waals surface area contributed by atoms with E-state index in [2.05, 4.69) is 25.0 Å². The zero-order valence-electron chi connectivity index (χ0n) is 19.1. The molecule has 2 aromatic carbocycles. The van der Waals surface area contributed by atoms with E-state index in [9.17, 15) is 13.2 Å².